The largest absolute Gasteiger partial charge is 0.478 e. The Hall–Kier alpha value is -2.01. The van der Waals surface area contributed by atoms with Crippen molar-refractivity contribution in [1.82, 2.24) is 0 Å². The normalized spacial score (nSPS) is 10.6. The van der Waals surface area contributed by atoms with E-state index < -0.39 is 17.3 Å². The van der Waals surface area contributed by atoms with Gasteiger partial charge in [0.1, 0.15) is 5.82 Å². The number of aromatic carboxylic acids is 1. The summed E-state index contributed by atoms with van der Waals surface area (Å²) in [4.78, 5) is 11.4. The monoisotopic (exact) mass is 305 g/mol. The predicted molar refractivity (Wildman–Crippen MR) is 83.2 cm³/mol. The lowest BCUT2D eigenvalue weighted by atomic mass is 10.1. The molecule has 0 aromatic heterocycles. The Bertz CT molecular complexity index is 681. The number of nitrogens with two attached hydrogens (primary N) is 1. The van der Waals surface area contributed by atoms with Crippen LogP contribution in [0.15, 0.2) is 35.2 Å². The Balaban J connectivity index is 2.20. The third-order valence-electron chi connectivity index (χ3n) is 3.01. The molecule has 0 heterocycles. The Morgan fingerprint density at radius 3 is 2.38 bits per heavy atom. The van der Waals surface area contributed by atoms with Crippen LogP contribution in [0.5, 0.6) is 0 Å². The number of aryl methyl sites for hydroxylation is 2. The summed E-state index contributed by atoms with van der Waals surface area (Å²) in [5.74, 6) is -1.43. The van der Waals surface area contributed by atoms with Crippen molar-refractivity contribution >= 4 is 23.4 Å². The van der Waals surface area contributed by atoms with Crippen LogP contribution in [0.3, 0.4) is 0 Å². The first-order valence-electron chi connectivity index (χ1n) is 6.39. The fraction of sp³-hybridized carbons (Fsp3) is 0.188. The summed E-state index contributed by atoms with van der Waals surface area (Å²) in [6.45, 7) is 4.05. The van der Waals surface area contributed by atoms with Gasteiger partial charge in [0, 0.05) is 16.3 Å². The zero-order valence-electron chi connectivity index (χ0n) is 11.8. The van der Waals surface area contributed by atoms with Crippen LogP contribution in [0.25, 0.3) is 0 Å². The van der Waals surface area contributed by atoms with Gasteiger partial charge in [-0.15, -0.1) is 11.8 Å². The van der Waals surface area contributed by atoms with Gasteiger partial charge in [-0.3, -0.25) is 0 Å². The molecule has 0 spiro atoms. The molecule has 2 rings (SSSR count). The minimum absolute atomic E-state index is 0.281. The van der Waals surface area contributed by atoms with Gasteiger partial charge in [-0.25, -0.2) is 9.18 Å². The summed E-state index contributed by atoms with van der Waals surface area (Å²) < 4.78 is 13.7. The number of carbonyl (C=O) groups is 1. The predicted octanol–water partition coefficient (Wildman–Crippen LogP) is 4.02. The number of thioether (sulfide) groups is 1. The van der Waals surface area contributed by atoms with Crippen LogP contribution in [0.1, 0.15) is 27.0 Å². The first-order valence-corrected chi connectivity index (χ1v) is 7.37. The number of rotatable bonds is 4. The molecule has 0 aliphatic carbocycles. The van der Waals surface area contributed by atoms with E-state index in [1.165, 1.54) is 35.0 Å². The van der Waals surface area contributed by atoms with E-state index in [1.54, 1.807) is 0 Å². The molecule has 0 aliphatic heterocycles. The van der Waals surface area contributed by atoms with Crippen LogP contribution in [0.2, 0.25) is 0 Å². The highest BCUT2D eigenvalue weighted by molar-refractivity contribution is 7.98. The molecule has 3 N–H and O–H groups in total. The zero-order valence-corrected chi connectivity index (χ0v) is 12.6. The number of halogens is 1. The molecule has 0 bridgehead atoms. The number of hydrogen-bond donors (Lipinski definition) is 2. The standard InChI is InChI=1S/C16H16FNO2S/c1-9-3-10(2)5-11(4-9)8-21-15-7-13(17)12(16(19)20)6-14(15)18/h3-7H,8,18H2,1-2H3,(H,19,20). The molecule has 0 amide bonds. The Morgan fingerprint density at radius 2 is 1.81 bits per heavy atom. The molecule has 0 unspecified atom stereocenters. The second kappa shape index (κ2) is 6.18. The van der Waals surface area contributed by atoms with Gasteiger partial charge in [0.2, 0.25) is 0 Å². The molecule has 0 radical (unpaired) electrons. The Labute approximate surface area is 127 Å². The highest BCUT2D eigenvalue weighted by Gasteiger charge is 2.14. The zero-order chi connectivity index (χ0) is 15.6. The summed E-state index contributed by atoms with van der Waals surface area (Å²) in [5.41, 5.74) is 9.15. The maximum Gasteiger partial charge on any atom is 0.338 e. The van der Waals surface area contributed by atoms with Crippen LogP contribution in [0, 0.1) is 19.7 Å². The molecule has 21 heavy (non-hydrogen) atoms. The Morgan fingerprint density at radius 1 is 1.19 bits per heavy atom. The molecule has 2 aromatic carbocycles. The van der Waals surface area contributed by atoms with Crippen molar-refractivity contribution in [2.45, 2.75) is 24.5 Å². The highest BCUT2D eigenvalue weighted by Crippen LogP contribution is 2.31. The second-order valence-corrected chi connectivity index (χ2v) is 5.98. The van der Waals surface area contributed by atoms with E-state index in [1.807, 2.05) is 13.8 Å². The van der Waals surface area contributed by atoms with Gasteiger partial charge in [0.05, 0.1) is 5.56 Å². The van der Waals surface area contributed by atoms with Crippen molar-refractivity contribution in [3.63, 3.8) is 0 Å². The molecule has 0 saturated carbocycles. The first-order chi connectivity index (χ1) is 9.86. The van der Waals surface area contributed by atoms with Gasteiger partial charge < -0.3 is 10.8 Å². The van der Waals surface area contributed by atoms with Gasteiger partial charge in [-0.1, -0.05) is 29.3 Å². The number of hydrogen-bond acceptors (Lipinski definition) is 3. The van der Waals surface area contributed by atoms with E-state index >= 15 is 0 Å². The molecule has 0 atom stereocenters. The Kier molecular flexibility index (Phi) is 4.53. The third-order valence-corrected chi connectivity index (χ3v) is 4.15. The van der Waals surface area contributed by atoms with E-state index in [0.717, 1.165) is 5.56 Å². The van der Waals surface area contributed by atoms with Gasteiger partial charge in [-0.05, 0) is 31.5 Å². The van der Waals surface area contributed by atoms with Crippen molar-refractivity contribution in [1.29, 1.82) is 0 Å². The fourth-order valence-electron chi connectivity index (χ4n) is 2.17. The van der Waals surface area contributed by atoms with Gasteiger partial charge in [-0.2, -0.15) is 0 Å². The summed E-state index contributed by atoms with van der Waals surface area (Å²) in [6.07, 6.45) is 0. The first kappa shape index (κ1) is 15.4. The molecule has 110 valence electrons. The summed E-state index contributed by atoms with van der Waals surface area (Å²) >= 11 is 1.39. The molecular weight excluding hydrogens is 289 g/mol. The van der Waals surface area contributed by atoms with Crippen molar-refractivity contribution in [3.05, 3.63) is 58.4 Å². The van der Waals surface area contributed by atoms with Crippen molar-refractivity contribution < 1.29 is 14.3 Å². The summed E-state index contributed by atoms with van der Waals surface area (Å²) in [6, 6.07) is 8.58. The topological polar surface area (TPSA) is 63.3 Å². The summed E-state index contributed by atoms with van der Waals surface area (Å²) in [5, 5.41) is 8.85. The SMILES string of the molecule is Cc1cc(C)cc(CSc2cc(F)c(C(=O)O)cc2N)c1. The van der Waals surface area contributed by atoms with E-state index in [0.29, 0.717) is 10.6 Å². The third kappa shape index (κ3) is 3.76. The maximum atomic E-state index is 13.7. The number of nitrogen functional groups attached to an aromatic ring is 1. The average molecular weight is 305 g/mol. The average Bonchev–Trinajstić information content (AvgIpc) is 2.38. The second-order valence-electron chi connectivity index (χ2n) is 4.96. The van der Waals surface area contributed by atoms with Crippen LogP contribution >= 0.6 is 11.8 Å². The smallest absolute Gasteiger partial charge is 0.338 e. The van der Waals surface area contributed by atoms with Crippen LogP contribution in [-0.2, 0) is 5.75 Å². The molecule has 2 aromatic rings. The van der Waals surface area contributed by atoms with Crippen molar-refractivity contribution in [2.75, 3.05) is 5.73 Å². The molecule has 0 fully saturated rings. The van der Waals surface area contributed by atoms with E-state index in [-0.39, 0.29) is 5.69 Å². The number of carboxylic acids is 1. The lowest BCUT2D eigenvalue weighted by Gasteiger charge is -2.09. The minimum Gasteiger partial charge on any atom is -0.478 e. The molecule has 0 saturated heterocycles. The lowest BCUT2D eigenvalue weighted by Crippen LogP contribution is -2.03. The van der Waals surface area contributed by atoms with Gasteiger partial charge >= 0.3 is 5.97 Å². The van der Waals surface area contributed by atoms with Gasteiger partial charge in [0.25, 0.3) is 0 Å². The highest BCUT2D eigenvalue weighted by atomic mass is 32.2. The molecule has 5 heteroatoms. The van der Waals surface area contributed by atoms with Gasteiger partial charge in [0.15, 0.2) is 0 Å². The maximum absolute atomic E-state index is 13.7. The van der Waals surface area contributed by atoms with E-state index in [2.05, 4.69) is 18.2 Å². The number of anilines is 1. The van der Waals surface area contributed by atoms with Crippen molar-refractivity contribution in [2.24, 2.45) is 0 Å². The molecule has 0 aliphatic rings. The van der Waals surface area contributed by atoms with Crippen LogP contribution < -0.4 is 5.73 Å². The quantitative estimate of drug-likeness (QED) is 0.661. The molecule has 3 nitrogen and oxygen atoms in total. The fourth-order valence-corrected chi connectivity index (χ4v) is 3.08. The van der Waals surface area contributed by atoms with Crippen molar-refractivity contribution in [3.8, 4) is 0 Å². The summed E-state index contributed by atoms with van der Waals surface area (Å²) in [7, 11) is 0. The number of carboxylic acid groups (broad SMARTS) is 1. The van der Waals surface area contributed by atoms with E-state index in [9.17, 15) is 9.18 Å². The number of benzene rings is 2. The molecular formula is C16H16FNO2S. The van der Waals surface area contributed by atoms with E-state index in [4.69, 9.17) is 10.8 Å². The minimum atomic E-state index is -1.31. The van der Waals surface area contributed by atoms with Crippen LogP contribution in [-0.4, -0.2) is 11.1 Å². The van der Waals surface area contributed by atoms with Crippen LogP contribution in [0.4, 0.5) is 10.1 Å². The lowest BCUT2D eigenvalue weighted by molar-refractivity contribution is 0.0692.